The second-order valence-electron chi connectivity index (χ2n) is 5.12. The van der Waals surface area contributed by atoms with Crippen LogP contribution >= 0.6 is 0 Å². The summed E-state index contributed by atoms with van der Waals surface area (Å²) in [6, 6.07) is 6.10. The largest absolute Gasteiger partial charge is 0.372 e. The average molecular weight is 327 g/mol. The Kier molecular flexibility index (Phi) is 4.64. The minimum Gasteiger partial charge on any atom is -0.372 e. The van der Waals surface area contributed by atoms with Crippen molar-refractivity contribution >= 4 is 10.0 Å². The van der Waals surface area contributed by atoms with Gasteiger partial charge in [0.2, 0.25) is 0 Å². The van der Waals surface area contributed by atoms with Gasteiger partial charge < -0.3 is 9.30 Å². The van der Waals surface area contributed by atoms with Gasteiger partial charge in [-0.05, 0) is 13.0 Å². The maximum Gasteiger partial charge on any atom is 0.259 e. The fraction of sp³-hybridized carbons (Fsp3) is 0.357. The minimum absolute atomic E-state index is 0.0954. The third-order valence-corrected chi connectivity index (χ3v) is 4.74. The summed E-state index contributed by atoms with van der Waals surface area (Å²) in [5, 5.41) is -0.0954. The van der Waals surface area contributed by atoms with E-state index in [9.17, 15) is 12.8 Å². The van der Waals surface area contributed by atoms with Crippen LogP contribution in [0.15, 0.2) is 41.8 Å². The Balaban J connectivity index is 2.23. The molecule has 0 spiro atoms. The predicted molar refractivity (Wildman–Crippen MR) is 79.2 cm³/mol. The molecule has 22 heavy (non-hydrogen) atoms. The van der Waals surface area contributed by atoms with Crippen molar-refractivity contribution in [3.8, 4) is 0 Å². The number of aromatic nitrogens is 2. The Hall–Kier alpha value is -1.77. The third kappa shape index (κ3) is 3.34. The molecule has 1 aromatic carbocycles. The lowest BCUT2D eigenvalue weighted by Gasteiger charge is -2.29. The molecule has 0 aliphatic heterocycles. The van der Waals surface area contributed by atoms with Crippen LogP contribution in [0.2, 0.25) is 0 Å². The molecule has 2 rings (SSSR count). The van der Waals surface area contributed by atoms with Crippen LogP contribution in [0, 0.1) is 5.82 Å². The van der Waals surface area contributed by atoms with Gasteiger partial charge in [-0.3, -0.25) is 0 Å². The molecule has 0 aliphatic rings. The zero-order valence-corrected chi connectivity index (χ0v) is 13.4. The summed E-state index contributed by atoms with van der Waals surface area (Å²) in [5.74, 6) is -0.455. The molecule has 0 saturated heterocycles. The number of halogens is 1. The molecule has 1 heterocycles. The summed E-state index contributed by atoms with van der Waals surface area (Å²) in [4.78, 5) is 3.80. The number of ether oxygens (including phenoxy) is 1. The molecule has 6 nitrogen and oxygen atoms in total. The molecule has 1 aromatic heterocycles. The second kappa shape index (κ2) is 6.15. The van der Waals surface area contributed by atoms with Gasteiger partial charge in [0.25, 0.3) is 10.0 Å². The summed E-state index contributed by atoms with van der Waals surface area (Å²) >= 11 is 0. The summed E-state index contributed by atoms with van der Waals surface area (Å²) in [5.41, 5.74) is -0.853. The molecule has 120 valence electrons. The van der Waals surface area contributed by atoms with Crippen LogP contribution in [0.25, 0.3) is 0 Å². The molecule has 2 aromatic rings. The lowest BCUT2D eigenvalue weighted by molar-refractivity contribution is 0.00409. The highest BCUT2D eigenvalue weighted by molar-refractivity contribution is 7.89. The van der Waals surface area contributed by atoms with Crippen molar-refractivity contribution in [1.29, 1.82) is 0 Å². The van der Waals surface area contributed by atoms with E-state index in [0.717, 1.165) is 0 Å². The van der Waals surface area contributed by atoms with Gasteiger partial charge in [-0.2, -0.15) is 0 Å². The predicted octanol–water partition coefficient (Wildman–Crippen LogP) is 1.40. The smallest absolute Gasteiger partial charge is 0.259 e. The second-order valence-corrected chi connectivity index (χ2v) is 6.83. The summed E-state index contributed by atoms with van der Waals surface area (Å²) in [6.07, 6.45) is 2.77. The molecule has 0 unspecified atom stereocenters. The third-order valence-electron chi connectivity index (χ3n) is 3.45. The average Bonchev–Trinajstić information content (AvgIpc) is 2.93. The highest BCUT2D eigenvalue weighted by Gasteiger charge is 2.31. The first-order valence-electron chi connectivity index (χ1n) is 6.56. The quantitative estimate of drug-likeness (QED) is 0.870. The zero-order chi connectivity index (χ0) is 16.4. The van der Waals surface area contributed by atoms with E-state index in [1.165, 1.54) is 30.3 Å². The van der Waals surface area contributed by atoms with Gasteiger partial charge in [0, 0.05) is 32.5 Å². The maximum absolute atomic E-state index is 13.9. The summed E-state index contributed by atoms with van der Waals surface area (Å²) < 4.78 is 47.6. The van der Waals surface area contributed by atoms with E-state index in [2.05, 4.69) is 9.71 Å². The van der Waals surface area contributed by atoms with Crippen molar-refractivity contribution in [3.63, 3.8) is 0 Å². The molecular formula is C14H18FN3O3S. The van der Waals surface area contributed by atoms with E-state index in [1.54, 1.807) is 32.2 Å². The van der Waals surface area contributed by atoms with Crippen molar-refractivity contribution < 1.29 is 17.5 Å². The monoisotopic (exact) mass is 327 g/mol. The molecular weight excluding hydrogens is 309 g/mol. The molecule has 8 heteroatoms. The van der Waals surface area contributed by atoms with Gasteiger partial charge in [0.05, 0.1) is 6.33 Å². The molecule has 0 bridgehead atoms. The number of benzene rings is 1. The van der Waals surface area contributed by atoms with E-state index in [4.69, 9.17) is 4.74 Å². The first-order chi connectivity index (χ1) is 10.3. The molecule has 0 radical (unpaired) electrons. The molecule has 1 N–H and O–H groups in total. The molecule has 0 fully saturated rings. The van der Waals surface area contributed by atoms with Crippen molar-refractivity contribution in [2.75, 3.05) is 13.7 Å². The fourth-order valence-corrected chi connectivity index (χ4v) is 3.11. The Bertz CT molecular complexity index is 760. The molecule has 0 amide bonds. The Morgan fingerprint density at radius 1 is 1.41 bits per heavy atom. The molecule has 1 atom stereocenters. The minimum atomic E-state index is -3.79. The van der Waals surface area contributed by atoms with Gasteiger partial charge in [-0.15, -0.1) is 0 Å². The van der Waals surface area contributed by atoms with Crippen LogP contribution in [0.1, 0.15) is 12.5 Å². The van der Waals surface area contributed by atoms with Gasteiger partial charge >= 0.3 is 0 Å². The fourth-order valence-electron chi connectivity index (χ4n) is 2.00. The van der Waals surface area contributed by atoms with E-state index >= 15 is 0 Å². The summed E-state index contributed by atoms with van der Waals surface area (Å²) in [6.45, 7) is 1.50. The number of aryl methyl sites for hydroxylation is 1. The van der Waals surface area contributed by atoms with Crippen LogP contribution in [0.3, 0.4) is 0 Å². The normalized spacial score (nSPS) is 14.7. The highest BCUT2D eigenvalue weighted by Crippen LogP contribution is 2.26. The Morgan fingerprint density at radius 3 is 2.64 bits per heavy atom. The van der Waals surface area contributed by atoms with Crippen molar-refractivity contribution in [1.82, 2.24) is 14.3 Å². The van der Waals surface area contributed by atoms with Crippen molar-refractivity contribution in [2.24, 2.45) is 7.05 Å². The number of hydrogen-bond donors (Lipinski definition) is 1. The number of nitrogens with one attached hydrogen (secondary N) is 1. The van der Waals surface area contributed by atoms with E-state index < -0.39 is 21.4 Å². The van der Waals surface area contributed by atoms with Gasteiger partial charge in [0.1, 0.15) is 11.4 Å². The van der Waals surface area contributed by atoms with E-state index in [1.807, 2.05) is 0 Å². The highest BCUT2D eigenvalue weighted by atomic mass is 32.2. The number of methoxy groups -OCH3 is 1. The summed E-state index contributed by atoms with van der Waals surface area (Å²) in [7, 11) is -0.712. The van der Waals surface area contributed by atoms with Crippen molar-refractivity contribution in [3.05, 3.63) is 48.2 Å². The van der Waals surface area contributed by atoms with Crippen LogP contribution < -0.4 is 4.72 Å². The number of rotatable bonds is 6. The van der Waals surface area contributed by atoms with Crippen LogP contribution in [-0.4, -0.2) is 31.6 Å². The zero-order valence-electron chi connectivity index (χ0n) is 12.6. The van der Waals surface area contributed by atoms with E-state index in [0.29, 0.717) is 0 Å². The van der Waals surface area contributed by atoms with Crippen LogP contribution in [0.5, 0.6) is 0 Å². The molecule has 0 saturated carbocycles. The number of imidazole rings is 1. The first-order valence-corrected chi connectivity index (χ1v) is 8.04. The van der Waals surface area contributed by atoms with E-state index in [-0.39, 0.29) is 17.1 Å². The lowest BCUT2D eigenvalue weighted by Crippen LogP contribution is -2.40. The Morgan fingerprint density at radius 2 is 2.09 bits per heavy atom. The molecule has 0 aliphatic carbocycles. The van der Waals surface area contributed by atoms with Crippen molar-refractivity contribution in [2.45, 2.75) is 17.6 Å². The SMILES string of the molecule is CO[C@@](C)(CNS(=O)(=O)c1cn(C)cn1)c1ccccc1F. The standard InChI is InChI=1S/C14H18FN3O3S/c1-14(21-3,11-6-4-5-7-12(11)15)9-17-22(19,20)13-8-18(2)10-16-13/h4-8,10,17H,9H2,1-3H3/t14-/m0/s1. The van der Waals surface area contributed by atoms with Gasteiger partial charge in [-0.1, -0.05) is 18.2 Å². The number of sulfonamides is 1. The lowest BCUT2D eigenvalue weighted by atomic mass is 9.95. The van der Waals surface area contributed by atoms with Gasteiger partial charge in [-0.25, -0.2) is 22.5 Å². The van der Waals surface area contributed by atoms with Gasteiger partial charge in [0.15, 0.2) is 5.03 Å². The Labute approximate surface area is 129 Å². The number of nitrogens with zero attached hydrogens (tertiary/aromatic N) is 2. The van der Waals surface area contributed by atoms with Crippen LogP contribution in [0.4, 0.5) is 4.39 Å². The van der Waals surface area contributed by atoms with Crippen LogP contribution in [-0.2, 0) is 27.4 Å². The maximum atomic E-state index is 13.9. The topological polar surface area (TPSA) is 73.2 Å². The number of hydrogen-bond acceptors (Lipinski definition) is 4. The first kappa shape index (κ1) is 16.6.